The Hall–Kier alpha value is -1.30. The monoisotopic (exact) mass is 369 g/mol. The molecule has 0 radical (unpaired) electrons. The number of halogens is 2. The number of carbonyl (C=O) groups excluding carboxylic acids is 1. The van der Waals surface area contributed by atoms with Gasteiger partial charge >= 0.3 is 0 Å². The van der Waals surface area contributed by atoms with Gasteiger partial charge in [0.1, 0.15) is 5.65 Å². The summed E-state index contributed by atoms with van der Waals surface area (Å²) in [6.45, 7) is 7.20. The molecule has 0 aromatic carbocycles. The van der Waals surface area contributed by atoms with Gasteiger partial charge in [-0.1, -0.05) is 30.1 Å². The van der Waals surface area contributed by atoms with Crippen LogP contribution in [0.25, 0.3) is 11.0 Å². The van der Waals surface area contributed by atoms with E-state index >= 15 is 0 Å². The summed E-state index contributed by atoms with van der Waals surface area (Å²) in [5.41, 5.74) is 2.97. The van der Waals surface area contributed by atoms with Crippen molar-refractivity contribution >= 4 is 40.1 Å². The van der Waals surface area contributed by atoms with E-state index in [2.05, 4.69) is 16.5 Å². The van der Waals surface area contributed by atoms with E-state index in [1.165, 1.54) is 0 Å². The lowest BCUT2D eigenvalue weighted by molar-refractivity contribution is -0.133. The van der Waals surface area contributed by atoms with Crippen molar-refractivity contribution in [3.8, 4) is 0 Å². The van der Waals surface area contributed by atoms with Gasteiger partial charge in [0.15, 0.2) is 0 Å². The van der Waals surface area contributed by atoms with Gasteiger partial charge in [0.05, 0.1) is 29.6 Å². The van der Waals surface area contributed by atoms with E-state index in [0.29, 0.717) is 49.3 Å². The maximum Gasteiger partial charge on any atom is 0.225 e. The first-order chi connectivity index (χ1) is 11.5. The predicted molar refractivity (Wildman–Crippen MR) is 95.6 cm³/mol. The molecule has 1 aliphatic heterocycles. The Morgan fingerprint density at radius 2 is 2.12 bits per heavy atom. The van der Waals surface area contributed by atoms with Crippen LogP contribution in [0.4, 0.5) is 0 Å². The van der Waals surface area contributed by atoms with Crippen LogP contribution < -0.4 is 0 Å². The molecule has 5 nitrogen and oxygen atoms in total. The van der Waals surface area contributed by atoms with E-state index in [9.17, 15) is 4.79 Å². The van der Waals surface area contributed by atoms with Crippen LogP contribution in [0.3, 0.4) is 0 Å². The van der Waals surface area contributed by atoms with Crippen molar-refractivity contribution in [3.63, 3.8) is 0 Å². The summed E-state index contributed by atoms with van der Waals surface area (Å²) in [4.78, 5) is 18.7. The molecule has 130 valence electrons. The van der Waals surface area contributed by atoms with Crippen LogP contribution >= 0.6 is 23.2 Å². The lowest BCUT2D eigenvalue weighted by Gasteiger charge is -2.29. The normalized spacial score (nSPS) is 14.2. The van der Waals surface area contributed by atoms with E-state index < -0.39 is 0 Å². The summed E-state index contributed by atoms with van der Waals surface area (Å²) in [5.74, 6) is 0.124. The molecule has 0 unspecified atom stereocenters. The Kier molecular flexibility index (Phi) is 5.33. The molecule has 0 fully saturated rings. The van der Waals surface area contributed by atoms with Crippen molar-refractivity contribution in [3.05, 3.63) is 27.5 Å². The molecule has 2 aromatic rings. The fourth-order valence-corrected chi connectivity index (χ4v) is 3.59. The van der Waals surface area contributed by atoms with Gasteiger partial charge in [-0.15, -0.1) is 0 Å². The van der Waals surface area contributed by atoms with Gasteiger partial charge in [-0.3, -0.25) is 4.79 Å². The zero-order valence-electron chi connectivity index (χ0n) is 13.9. The lowest BCUT2D eigenvalue weighted by atomic mass is 10.1. The minimum absolute atomic E-state index is 0.124. The van der Waals surface area contributed by atoms with Gasteiger partial charge < -0.3 is 14.2 Å². The number of rotatable bonds is 5. The van der Waals surface area contributed by atoms with Crippen LogP contribution in [0.15, 0.2) is 6.20 Å². The van der Waals surface area contributed by atoms with Gasteiger partial charge in [-0.25, -0.2) is 4.98 Å². The van der Waals surface area contributed by atoms with Crippen molar-refractivity contribution in [2.45, 2.75) is 39.8 Å². The molecule has 0 N–H and O–H groups in total. The third-order valence-corrected chi connectivity index (χ3v) is 5.21. The van der Waals surface area contributed by atoms with Crippen molar-refractivity contribution < 1.29 is 9.53 Å². The molecule has 0 spiro atoms. The van der Waals surface area contributed by atoms with Gasteiger partial charge in [0.2, 0.25) is 5.91 Å². The Labute approximate surface area is 151 Å². The molecule has 0 saturated carbocycles. The number of nitrogens with zero attached hydrogens (tertiary/aromatic N) is 3. The molecule has 0 aliphatic carbocycles. The predicted octanol–water partition coefficient (Wildman–Crippen LogP) is 3.81. The second kappa shape index (κ2) is 7.30. The fourth-order valence-electron chi connectivity index (χ4n) is 3.17. The van der Waals surface area contributed by atoms with Crippen LogP contribution in [-0.4, -0.2) is 40.1 Å². The second-order valence-electron chi connectivity index (χ2n) is 6.02. The Morgan fingerprint density at radius 3 is 2.88 bits per heavy atom. The van der Waals surface area contributed by atoms with E-state index in [1.807, 2.05) is 11.8 Å². The number of hydrogen-bond acceptors (Lipinski definition) is 3. The van der Waals surface area contributed by atoms with Gasteiger partial charge in [0, 0.05) is 37.0 Å². The Bertz CT molecular complexity index is 773. The molecule has 1 aliphatic rings. The van der Waals surface area contributed by atoms with Gasteiger partial charge in [-0.05, 0) is 18.9 Å². The number of aryl methyl sites for hydroxylation is 1. The SMILES string of the molecule is CCCOCCC(=O)N1CCn2c(c(C)c3c(Cl)c(Cl)cnc32)C1. The zero-order chi connectivity index (χ0) is 17.3. The summed E-state index contributed by atoms with van der Waals surface area (Å²) in [7, 11) is 0. The number of hydrogen-bond donors (Lipinski definition) is 0. The van der Waals surface area contributed by atoms with Crippen LogP contribution in [0.1, 0.15) is 31.0 Å². The molecule has 7 heteroatoms. The van der Waals surface area contributed by atoms with E-state index in [-0.39, 0.29) is 5.91 Å². The molecule has 0 saturated heterocycles. The first-order valence-electron chi connectivity index (χ1n) is 8.21. The summed E-state index contributed by atoms with van der Waals surface area (Å²) in [5, 5.41) is 1.88. The maximum atomic E-state index is 12.4. The number of fused-ring (bicyclic) bond motifs is 3. The molecule has 3 heterocycles. The minimum atomic E-state index is 0.124. The van der Waals surface area contributed by atoms with Crippen molar-refractivity contribution in [2.75, 3.05) is 19.8 Å². The number of aromatic nitrogens is 2. The summed E-state index contributed by atoms with van der Waals surface area (Å²) >= 11 is 12.5. The van der Waals surface area contributed by atoms with Crippen LogP contribution in [0.2, 0.25) is 10.0 Å². The third-order valence-electron chi connectivity index (χ3n) is 4.44. The average Bonchev–Trinajstić information content (AvgIpc) is 2.87. The number of amides is 1. The molecule has 24 heavy (non-hydrogen) atoms. The van der Waals surface area contributed by atoms with Gasteiger partial charge in [0.25, 0.3) is 0 Å². The highest BCUT2D eigenvalue weighted by Crippen LogP contribution is 2.36. The van der Waals surface area contributed by atoms with Crippen molar-refractivity contribution in [1.82, 2.24) is 14.5 Å². The zero-order valence-corrected chi connectivity index (χ0v) is 15.5. The van der Waals surface area contributed by atoms with Crippen molar-refractivity contribution in [2.24, 2.45) is 0 Å². The third kappa shape index (κ3) is 3.13. The number of ether oxygens (including phenoxy) is 1. The topological polar surface area (TPSA) is 47.4 Å². The highest BCUT2D eigenvalue weighted by Gasteiger charge is 2.26. The highest BCUT2D eigenvalue weighted by atomic mass is 35.5. The first-order valence-corrected chi connectivity index (χ1v) is 8.97. The van der Waals surface area contributed by atoms with E-state index in [0.717, 1.165) is 28.7 Å². The average molecular weight is 370 g/mol. The minimum Gasteiger partial charge on any atom is -0.381 e. The van der Waals surface area contributed by atoms with Gasteiger partial charge in [-0.2, -0.15) is 0 Å². The molecule has 1 amide bonds. The highest BCUT2D eigenvalue weighted by molar-refractivity contribution is 6.45. The molecule has 2 aromatic heterocycles. The Morgan fingerprint density at radius 1 is 1.33 bits per heavy atom. The smallest absolute Gasteiger partial charge is 0.225 e. The largest absolute Gasteiger partial charge is 0.381 e. The quantitative estimate of drug-likeness (QED) is 0.752. The number of pyridine rings is 1. The summed E-state index contributed by atoms with van der Waals surface area (Å²) in [6.07, 6.45) is 2.97. The van der Waals surface area contributed by atoms with E-state index in [1.54, 1.807) is 6.20 Å². The number of carbonyl (C=O) groups is 1. The van der Waals surface area contributed by atoms with E-state index in [4.69, 9.17) is 27.9 Å². The molecular formula is C17H21Cl2N3O2. The lowest BCUT2D eigenvalue weighted by Crippen LogP contribution is -2.38. The van der Waals surface area contributed by atoms with Crippen molar-refractivity contribution in [1.29, 1.82) is 0 Å². The Balaban J connectivity index is 1.81. The molecule has 0 atom stereocenters. The second-order valence-corrected chi connectivity index (χ2v) is 6.80. The molecular weight excluding hydrogens is 349 g/mol. The molecule has 0 bridgehead atoms. The molecule has 3 rings (SSSR count). The summed E-state index contributed by atoms with van der Waals surface area (Å²) < 4.78 is 7.56. The van der Waals surface area contributed by atoms with Crippen LogP contribution in [-0.2, 0) is 22.6 Å². The van der Waals surface area contributed by atoms with Crippen LogP contribution in [0, 0.1) is 6.92 Å². The fraction of sp³-hybridized carbons (Fsp3) is 0.529. The van der Waals surface area contributed by atoms with Crippen LogP contribution in [0.5, 0.6) is 0 Å². The first kappa shape index (κ1) is 17.5. The standard InChI is InChI=1S/C17H21Cl2N3O2/c1-3-7-24-8-4-14(23)21-5-6-22-13(10-21)11(2)15-16(19)12(18)9-20-17(15)22/h9H,3-8,10H2,1-2H3. The maximum absolute atomic E-state index is 12.4. The summed E-state index contributed by atoms with van der Waals surface area (Å²) in [6, 6.07) is 0.